The summed E-state index contributed by atoms with van der Waals surface area (Å²) in [6.45, 7) is 0. The molecule has 0 aliphatic rings. The SMILES string of the molecule is c1cc(-c2ccc(-n3cncn3)cc2)n2ncnc2n1. The molecule has 20 heavy (non-hydrogen) atoms. The average Bonchev–Trinajstić information content (AvgIpc) is 3.18. The van der Waals surface area contributed by atoms with Crippen molar-refractivity contribution in [2.75, 3.05) is 0 Å². The molecule has 3 heterocycles. The van der Waals surface area contributed by atoms with Crippen molar-refractivity contribution in [2.45, 2.75) is 0 Å². The molecular weight excluding hydrogens is 254 g/mol. The first-order valence-electron chi connectivity index (χ1n) is 6.02. The Morgan fingerprint density at radius 2 is 1.75 bits per heavy atom. The molecule has 0 fully saturated rings. The van der Waals surface area contributed by atoms with Gasteiger partial charge in [-0.25, -0.2) is 14.6 Å². The third-order valence-electron chi connectivity index (χ3n) is 3.03. The highest BCUT2D eigenvalue weighted by Gasteiger charge is 2.06. The van der Waals surface area contributed by atoms with E-state index in [0.717, 1.165) is 16.9 Å². The van der Waals surface area contributed by atoms with Crippen molar-refractivity contribution < 1.29 is 0 Å². The molecule has 0 spiro atoms. The monoisotopic (exact) mass is 263 g/mol. The molecule has 0 atom stereocenters. The quantitative estimate of drug-likeness (QED) is 0.546. The van der Waals surface area contributed by atoms with Crippen LogP contribution in [0.15, 0.2) is 55.5 Å². The molecule has 0 radical (unpaired) electrons. The summed E-state index contributed by atoms with van der Waals surface area (Å²) >= 11 is 0. The van der Waals surface area contributed by atoms with Crippen LogP contribution in [-0.4, -0.2) is 34.3 Å². The smallest absolute Gasteiger partial charge is 0.223 e. The Morgan fingerprint density at radius 3 is 2.55 bits per heavy atom. The lowest BCUT2D eigenvalue weighted by Gasteiger charge is -2.05. The maximum Gasteiger partial charge on any atom is 0.252 e. The third kappa shape index (κ3) is 1.64. The maximum absolute atomic E-state index is 4.18. The molecule has 0 aliphatic carbocycles. The van der Waals surface area contributed by atoms with Gasteiger partial charge >= 0.3 is 0 Å². The van der Waals surface area contributed by atoms with Gasteiger partial charge in [-0.3, -0.25) is 0 Å². The van der Waals surface area contributed by atoms with Gasteiger partial charge in [0.25, 0.3) is 5.78 Å². The molecule has 7 heteroatoms. The van der Waals surface area contributed by atoms with Gasteiger partial charge in [-0.2, -0.15) is 19.7 Å². The fourth-order valence-electron chi connectivity index (χ4n) is 2.08. The molecule has 3 aromatic heterocycles. The average molecular weight is 263 g/mol. The van der Waals surface area contributed by atoms with Crippen LogP contribution in [0.4, 0.5) is 0 Å². The second kappa shape index (κ2) is 4.23. The van der Waals surface area contributed by atoms with Gasteiger partial charge in [0.2, 0.25) is 0 Å². The van der Waals surface area contributed by atoms with Gasteiger partial charge in [-0.15, -0.1) is 0 Å². The topological polar surface area (TPSA) is 73.8 Å². The van der Waals surface area contributed by atoms with Crippen molar-refractivity contribution in [3.05, 3.63) is 55.5 Å². The van der Waals surface area contributed by atoms with E-state index in [9.17, 15) is 0 Å². The normalized spacial score (nSPS) is 11.0. The van der Waals surface area contributed by atoms with Crippen LogP contribution in [0, 0.1) is 0 Å². The highest BCUT2D eigenvalue weighted by atomic mass is 15.3. The molecular formula is C13H9N7. The lowest BCUT2D eigenvalue weighted by molar-refractivity contribution is 0.879. The Balaban J connectivity index is 1.81. The second-order valence-corrected chi connectivity index (χ2v) is 4.19. The molecule has 0 aliphatic heterocycles. The van der Waals surface area contributed by atoms with Crippen LogP contribution in [0.5, 0.6) is 0 Å². The largest absolute Gasteiger partial charge is 0.252 e. The molecule has 0 saturated carbocycles. The van der Waals surface area contributed by atoms with E-state index < -0.39 is 0 Å². The Hall–Kier alpha value is -3.09. The fourth-order valence-corrected chi connectivity index (χ4v) is 2.08. The molecule has 7 nitrogen and oxygen atoms in total. The minimum Gasteiger partial charge on any atom is -0.223 e. The van der Waals surface area contributed by atoms with E-state index in [1.54, 1.807) is 21.7 Å². The highest BCUT2D eigenvalue weighted by Crippen LogP contribution is 2.20. The predicted octanol–water partition coefficient (Wildman–Crippen LogP) is 1.37. The van der Waals surface area contributed by atoms with E-state index in [4.69, 9.17) is 0 Å². The van der Waals surface area contributed by atoms with Gasteiger partial charge in [0.15, 0.2) is 0 Å². The predicted molar refractivity (Wildman–Crippen MR) is 71.1 cm³/mol. The number of nitrogens with zero attached hydrogens (tertiary/aromatic N) is 7. The zero-order valence-corrected chi connectivity index (χ0v) is 10.3. The summed E-state index contributed by atoms with van der Waals surface area (Å²) in [6.07, 6.45) is 6.40. The molecule has 0 bridgehead atoms. The minimum absolute atomic E-state index is 0.586. The first-order chi connectivity index (χ1) is 9.92. The van der Waals surface area contributed by atoms with Crippen LogP contribution in [0.25, 0.3) is 22.7 Å². The number of rotatable bonds is 2. The summed E-state index contributed by atoms with van der Waals surface area (Å²) in [4.78, 5) is 12.2. The van der Waals surface area contributed by atoms with Gasteiger partial charge in [0.1, 0.15) is 19.0 Å². The zero-order valence-electron chi connectivity index (χ0n) is 10.3. The van der Waals surface area contributed by atoms with Crippen molar-refractivity contribution in [3.63, 3.8) is 0 Å². The number of fused-ring (bicyclic) bond motifs is 1. The summed E-state index contributed by atoms with van der Waals surface area (Å²) in [7, 11) is 0. The lowest BCUT2D eigenvalue weighted by Crippen LogP contribution is -1.97. The Kier molecular flexibility index (Phi) is 2.28. The summed E-state index contributed by atoms with van der Waals surface area (Å²) in [5, 5.41) is 8.28. The van der Waals surface area contributed by atoms with Crippen molar-refractivity contribution in [3.8, 4) is 16.9 Å². The fraction of sp³-hybridized carbons (Fsp3) is 0. The first-order valence-corrected chi connectivity index (χ1v) is 6.02. The van der Waals surface area contributed by atoms with Crippen LogP contribution in [0.3, 0.4) is 0 Å². The van der Waals surface area contributed by atoms with Gasteiger partial charge in [0, 0.05) is 11.8 Å². The lowest BCUT2D eigenvalue weighted by atomic mass is 10.1. The summed E-state index contributed by atoms with van der Waals surface area (Å²) in [6, 6.07) is 9.88. The number of hydrogen-bond acceptors (Lipinski definition) is 5. The van der Waals surface area contributed by atoms with E-state index in [0.29, 0.717) is 5.78 Å². The standard InChI is InChI=1S/C13H9N7/c1-3-11(19-9-14-7-17-19)4-2-10(1)12-5-6-15-13-16-8-18-20(12)13/h1-9H. The van der Waals surface area contributed by atoms with E-state index in [1.807, 2.05) is 30.3 Å². The summed E-state index contributed by atoms with van der Waals surface area (Å²) in [5.41, 5.74) is 2.93. The maximum atomic E-state index is 4.18. The van der Waals surface area contributed by atoms with Gasteiger partial charge in [0.05, 0.1) is 11.4 Å². The van der Waals surface area contributed by atoms with Gasteiger partial charge in [-0.05, 0) is 18.2 Å². The molecule has 96 valence electrons. The molecule has 0 N–H and O–H groups in total. The molecule has 4 rings (SSSR count). The number of benzene rings is 1. The van der Waals surface area contributed by atoms with Crippen molar-refractivity contribution >= 4 is 5.78 Å². The van der Waals surface area contributed by atoms with E-state index >= 15 is 0 Å². The van der Waals surface area contributed by atoms with Crippen LogP contribution < -0.4 is 0 Å². The van der Waals surface area contributed by atoms with E-state index in [2.05, 4.69) is 25.1 Å². The number of hydrogen-bond donors (Lipinski definition) is 0. The van der Waals surface area contributed by atoms with Crippen LogP contribution >= 0.6 is 0 Å². The van der Waals surface area contributed by atoms with E-state index in [1.165, 1.54) is 12.7 Å². The Bertz CT molecular complexity index is 846. The first kappa shape index (κ1) is 10.8. The minimum atomic E-state index is 0.586. The summed E-state index contributed by atoms with van der Waals surface area (Å²) in [5.74, 6) is 0.586. The van der Waals surface area contributed by atoms with Crippen LogP contribution in [0.2, 0.25) is 0 Å². The zero-order chi connectivity index (χ0) is 13.4. The van der Waals surface area contributed by atoms with Crippen molar-refractivity contribution in [1.29, 1.82) is 0 Å². The second-order valence-electron chi connectivity index (χ2n) is 4.19. The Labute approximate surface area is 113 Å². The van der Waals surface area contributed by atoms with Crippen molar-refractivity contribution in [2.24, 2.45) is 0 Å². The molecule has 0 unspecified atom stereocenters. The molecule has 0 amide bonds. The van der Waals surface area contributed by atoms with Gasteiger partial charge < -0.3 is 0 Å². The van der Waals surface area contributed by atoms with Gasteiger partial charge in [-0.1, -0.05) is 12.1 Å². The van der Waals surface area contributed by atoms with Crippen molar-refractivity contribution in [1.82, 2.24) is 34.3 Å². The third-order valence-corrected chi connectivity index (χ3v) is 3.03. The Morgan fingerprint density at radius 1 is 0.850 bits per heavy atom. The highest BCUT2D eigenvalue weighted by molar-refractivity contribution is 5.62. The molecule has 1 aromatic carbocycles. The van der Waals surface area contributed by atoms with E-state index in [-0.39, 0.29) is 0 Å². The van der Waals surface area contributed by atoms with Crippen LogP contribution in [-0.2, 0) is 0 Å². The number of aromatic nitrogens is 7. The molecule has 0 saturated heterocycles. The summed E-state index contributed by atoms with van der Waals surface area (Å²) < 4.78 is 3.42. The molecule has 4 aromatic rings. The van der Waals surface area contributed by atoms with Crippen LogP contribution in [0.1, 0.15) is 0 Å².